The maximum absolute atomic E-state index is 5.88. The Balaban J connectivity index is 1.55. The van der Waals surface area contributed by atoms with Crippen molar-refractivity contribution in [1.29, 1.82) is 0 Å². The van der Waals surface area contributed by atoms with Crippen molar-refractivity contribution in [2.75, 3.05) is 14.2 Å². The van der Waals surface area contributed by atoms with Crippen molar-refractivity contribution in [2.24, 2.45) is 4.99 Å². The fraction of sp³-hybridized carbons (Fsp3) is 0.588. The van der Waals surface area contributed by atoms with Gasteiger partial charge in [0, 0.05) is 20.7 Å². The van der Waals surface area contributed by atoms with E-state index in [-0.39, 0.29) is 0 Å². The lowest BCUT2D eigenvalue weighted by Crippen LogP contribution is -2.47. The van der Waals surface area contributed by atoms with Crippen molar-refractivity contribution in [1.82, 2.24) is 10.6 Å². The Labute approximate surface area is 132 Å². The summed E-state index contributed by atoms with van der Waals surface area (Å²) < 4.78 is 11.1. The maximum atomic E-state index is 5.88. The molecule has 2 fully saturated rings. The van der Waals surface area contributed by atoms with E-state index in [1.807, 2.05) is 13.1 Å². The summed E-state index contributed by atoms with van der Waals surface area (Å²) >= 11 is 0. The Morgan fingerprint density at radius 2 is 2.14 bits per heavy atom. The minimum Gasteiger partial charge on any atom is -0.380 e. The van der Waals surface area contributed by atoms with Gasteiger partial charge in [0.05, 0.1) is 24.9 Å². The van der Waals surface area contributed by atoms with Crippen LogP contribution in [0, 0.1) is 0 Å². The van der Waals surface area contributed by atoms with Crippen LogP contribution < -0.4 is 10.6 Å². The molecule has 3 unspecified atom stereocenters. The topological polar surface area (TPSA) is 54.9 Å². The van der Waals surface area contributed by atoms with Crippen LogP contribution >= 0.6 is 0 Å². The van der Waals surface area contributed by atoms with Crippen molar-refractivity contribution in [2.45, 2.75) is 50.7 Å². The first-order valence-electron chi connectivity index (χ1n) is 7.98. The molecule has 2 N–H and O–H groups in total. The lowest BCUT2D eigenvalue weighted by molar-refractivity contribution is 0.0992. The summed E-state index contributed by atoms with van der Waals surface area (Å²) in [5.74, 6) is 0.841. The van der Waals surface area contributed by atoms with Crippen LogP contribution in [0.25, 0.3) is 0 Å². The van der Waals surface area contributed by atoms with Gasteiger partial charge in [-0.1, -0.05) is 24.3 Å². The average molecular weight is 303 g/mol. The average Bonchev–Trinajstić information content (AvgIpc) is 3.15. The second-order valence-corrected chi connectivity index (χ2v) is 5.99. The first-order valence-corrected chi connectivity index (χ1v) is 7.98. The molecule has 0 saturated carbocycles. The van der Waals surface area contributed by atoms with Gasteiger partial charge in [-0.2, -0.15) is 0 Å². The molecule has 3 atom stereocenters. The van der Waals surface area contributed by atoms with Crippen LogP contribution in [0.15, 0.2) is 29.3 Å². The number of nitrogens with zero attached hydrogens (tertiary/aromatic N) is 1. The molecule has 2 saturated heterocycles. The maximum Gasteiger partial charge on any atom is 0.191 e. The number of rotatable bonds is 5. The van der Waals surface area contributed by atoms with Gasteiger partial charge in [-0.25, -0.2) is 0 Å². The summed E-state index contributed by atoms with van der Waals surface area (Å²) in [4.78, 5) is 4.33. The van der Waals surface area contributed by atoms with E-state index in [0.717, 1.165) is 25.3 Å². The third-order valence-corrected chi connectivity index (χ3v) is 4.52. The number of methoxy groups -OCH3 is 1. The number of hydrogen-bond acceptors (Lipinski definition) is 3. The molecule has 1 aromatic carbocycles. The van der Waals surface area contributed by atoms with Crippen molar-refractivity contribution >= 4 is 5.96 Å². The van der Waals surface area contributed by atoms with Gasteiger partial charge in [-0.15, -0.1) is 0 Å². The van der Waals surface area contributed by atoms with E-state index in [4.69, 9.17) is 9.47 Å². The van der Waals surface area contributed by atoms with E-state index in [0.29, 0.717) is 24.9 Å². The van der Waals surface area contributed by atoms with Crippen molar-refractivity contribution < 1.29 is 9.47 Å². The largest absolute Gasteiger partial charge is 0.380 e. The standard InChI is InChI=1S/C17H25N3O2/c1-18-17(20-15-9-14-7-8-16(15)22-14)19-10-12-5-3-4-6-13(12)11-21-2/h3-6,14-16H,7-11H2,1-2H3,(H2,18,19,20). The van der Waals surface area contributed by atoms with Gasteiger partial charge in [0.25, 0.3) is 0 Å². The molecule has 1 aromatic rings. The number of hydrogen-bond donors (Lipinski definition) is 2. The highest BCUT2D eigenvalue weighted by Crippen LogP contribution is 2.34. The van der Waals surface area contributed by atoms with Gasteiger partial charge < -0.3 is 20.1 Å². The Morgan fingerprint density at radius 3 is 2.77 bits per heavy atom. The van der Waals surface area contributed by atoms with Gasteiger partial charge in [-0.3, -0.25) is 4.99 Å². The van der Waals surface area contributed by atoms with E-state index in [2.05, 4.69) is 33.8 Å². The molecule has 0 aliphatic carbocycles. The van der Waals surface area contributed by atoms with E-state index >= 15 is 0 Å². The second-order valence-electron chi connectivity index (χ2n) is 5.99. The lowest BCUT2D eigenvalue weighted by atomic mass is 9.96. The molecule has 3 rings (SSSR count). The molecule has 2 heterocycles. The third-order valence-electron chi connectivity index (χ3n) is 4.52. The van der Waals surface area contributed by atoms with Gasteiger partial charge in [0.1, 0.15) is 0 Å². The molecular formula is C17H25N3O2. The van der Waals surface area contributed by atoms with Crippen LogP contribution in [0.3, 0.4) is 0 Å². The zero-order valence-corrected chi connectivity index (χ0v) is 13.3. The quantitative estimate of drug-likeness (QED) is 0.643. The zero-order chi connectivity index (χ0) is 15.4. The summed E-state index contributed by atoms with van der Waals surface area (Å²) in [5.41, 5.74) is 2.44. The number of guanidine groups is 1. The molecule has 120 valence electrons. The molecule has 0 spiro atoms. The molecule has 22 heavy (non-hydrogen) atoms. The molecule has 5 nitrogen and oxygen atoms in total. The van der Waals surface area contributed by atoms with Gasteiger partial charge >= 0.3 is 0 Å². The minimum absolute atomic E-state index is 0.351. The second kappa shape index (κ2) is 7.11. The molecular weight excluding hydrogens is 278 g/mol. The molecule has 5 heteroatoms. The summed E-state index contributed by atoms with van der Waals surface area (Å²) in [6.45, 7) is 1.37. The molecule has 0 aromatic heterocycles. The Hall–Kier alpha value is -1.59. The molecule has 2 aliphatic rings. The number of aliphatic imine (C=N–C) groups is 1. The molecule has 0 amide bonds. The smallest absolute Gasteiger partial charge is 0.191 e. The predicted octanol–water partition coefficient (Wildman–Crippen LogP) is 1.82. The Kier molecular flexibility index (Phi) is 4.95. The van der Waals surface area contributed by atoms with Crippen molar-refractivity contribution in [3.63, 3.8) is 0 Å². The Bertz CT molecular complexity index is 532. The summed E-state index contributed by atoms with van der Waals surface area (Å²) in [6, 6.07) is 8.70. The molecule has 2 aliphatic heterocycles. The highest BCUT2D eigenvalue weighted by atomic mass is 16.5. The minimum atomic E-state index is 0.351. The lowest BCUT2D eigenvalue weighted by Gasteiger charge is -2.23. The highest BCUT2D eigenvalue weighted by Gasteiger charge is 2.41. The molecule has 2 bridgehead atoms. The zero-order valence-electron chi connectivity index (χ0n) is 13.3. The number of nitrogens with one attached hydrogen (secondary N) is 2. The monoisotopic (exact) mass is 303 g/mol. The van der Waals surface area contributed by atoms with Crippen LogP contribution in [0.1, 0.15) is 30.4 Å². The predicted molar refractivity (Wildman–Crippen MR) is 86.8 cm³/mol. The Morgan fingerprint density at radius 1 is 1.32 bits per heavy atom. The normalized spacial score (nSPS) is 27.2. The molecule has 0 radical (unpaired) electrons. The van der Waals surface area contributed by atoms with E-state index in [1.54, 1.807) is 7.11 Å². The summed E-state index contributed by atoms with van der Waals surface area (Å²) in [7, 11) is 3.53. The van der Waals surface area contributed by atoms with Gasteiger partial charge in [-0.05, 0) is 30.4 Å². The summed E-state index contributed by atoms with van der Waals surface area (Å²) in [6.07, 6.45) is 4.26. The van der Waals surface area contributed by atoms with Crippen LogP contribution in [-0.4, -0.2) is 38.4 Å². The summed E-state index contributed by atoms with van der Waals surface area (Å²) in [5, 5.41) is 6.90. The fourth-order valence-electron chi connectivity index (χ4n) is 3.37. The number of ether oxygens (including phenoxy) is 2. The van der Waals surface area contributed by atoms with Gasteiger partial charge in [0.15, 0.2) is 5.96 Å². The number of benzene rings is 1. The van der Waals surface area contributed by atoms with Crippen LogP contribution in [0.5, 0.6) is 0 Å². The SMILES string of the molecule is CN=C(NCc1ccccc1COC)NC1CC2CCC1O2. The van der Waals surface area contributed by atoms with Crippen molar-refractivity contribution in [3.05, 3.63) is 35.4 Å². The third kappa shape index (κ3) is 3.42. The first-order chi connectivity index (χ1) is 10.8. The van der Waals surface area contributed by atoms with Crippen LogP contribution in [0.4, 0.5) is 0 Å². The fourth-order valence-corrected chi connectivity index (χ4v) is 3.37. The highest BCUT2D eigenvalue weighted by molar-refractivity contribution is 5.80. The van der Waals surface area contributed by atoms with Crippen molar-refractivity contribution in [3.8, 4) is 0 Å². The first kappa shape index (κ1) is 15.3. The van der Waals surface area contributed by atoms with E-state index < -0.39 is 0 Å². The van der Waals surface area contributed by atoms with E-state index in [9.17, 15) is 0 Å². The van der Waals surface area contributed by atoms with Crippen LogP contribution in [0.2, 0.25) is 0 Å². The number of fused-ring (bicyclic) bond motifs is 2. The van der Waals surface area contributed by atoms with E-state index in [1.165, 1.54) is 17.5 Å². The van der Waals surface area contributed by atoms with Gasteiger partial charge in [0.2, 0.25) is 0 Å². The van der Waals surface area contributed by atoms with Crippen LogP contribution in [-0.2, 0) is 22.6 Å².